The van der Waals surface area contributed by atoms with Crippen molar-refractivity contribution in [1.29, 1.82) is 0 Å². The molecule has 0 amide bonds. The summed E-state index contributed by atoms with van der Waals surface area (Å²) in [6.07, 6.45) is 0.771. The van der Waals surface area contributed by atoms with E-state index in [0.717, 1.165) is 39.8 Å². The number of rotatable bonds is 3. The molecule has 2 aromatic carbocycles. The average Bonchev–Trinajstić information content (AvgIpc) is 3.32. The van der Waals surface area contributed by atoms with Crippen LogP contribution in [-0.4, -0.2) is 30.0 Å². The number of hydrogen-bond donors (Lipinski definition) is 2. The van der Waals surface area contributed by atoms with Crippen molar-refractivity contribution in [3.63, 3.8) is 0 Å². The molecule has 0 fully saturated rings. The zero-order valence-corrected chi connectivity index (χ0v) is 14.6. The fourth-order valence-electron chi connectivity index (χ4n) is 3.40. The van der Waals surface area contributed by atoms with E-state index >= 15 is 0 Å². The summed E-state index contributed by atoms with van der Waals surface area (Å²) in [4.78, 5) is 17.6. The van der Waals surface area contributed by atoms with Gasteiger partial charge in [0.05, 0.1) is 5.69 Å². The van der Waals surface area contributed by atoms with Gasteiger partial charge in [-0.15, -0.1) is 0 Å². The first-order valence-corrected chi connectivity index (χ1v) is 8.75. The Morgan fingerprint density at radius 3 is 2.59 bits per heavy atom. The monoisotopic (exact) mass is 356 g/mol. The van der Waals surface area contributed by atoms with Crippen LogP contribution in [0.3, 0.4) is 0 Å². The van der Waals surface area contributed by atoms with Gasteiger partial charge in [0.1, 0.15) is 11.0 Å². The summed E-state index contributed by atoms with van der Waals surface area (Å²) in [6.45, 7) is 2.06. The summed E-state index contributed by atoms with van der Waals surface area (Å²) in [5.41, 5.74) is 6.40. The molecule has 0 aliphatic carbocycles. The summed E-state index contributed by atoms with van der Waals surface area (Å²) in [5.74, 6) is 0. The lowest BCUT2D eigenvalue weighted by Crippen LogP contribution is -2.14. The van der Waals surface area contributed by atoms with E-state index in [9.17, 15) is 4.79 Å². The summed E-state index contributed by atoms with van der Waals surface area (Å²) >= 11 is 0. The molecule has 5 rings (SSSR count). The number of nitrogens with zero attached hydrogens (tertiary/aromatic N) is 4. The number of aromatic amines is 2. The van der Waals surface area contributed by atoms with Gasteiger partial charge in [0, 0.05) is 22.9 Å². The van der Waals surface area contributed by atoms with Crippen molar-refractivity contribution in [2.45, 2.75) is 13.3 Å². The predicted octanol–water partition coefficient (Wildman–Crippen LogP) is 3.19. The van der Waals surface area contributed by atoms with Crippen LogP contribution in [0.4, 0.5) is 0 Å². The Hall–Kier alpha value is -3.74. The van der Waals surface area contributed by atoms with Gasteiger partial charge in [0.25, 0.3) is 5.56 Å². The highest BCUT2D eigenvalue weighted by atomic mass is 16.1. The van der Waals surface area contributed by atoms with E-state index in [1.165, 1.54) is 4.52 Å². The van der Waals surface area contributed by atoms with Crippen molar-refractivity contribution in [3.8, 4) is 22.4 Å². The third-order valence-electron chi connectivity index (χ3n) is 4.72. The fourth-order valence-corrected chi connectivity index (χ4v) is 3.40. The molecule has 3 heterocycles. The number of fused-ring (bicyclic) bond motifs is 2. The van der Waals surface area contributed by atoms with Crippen molar-refractivity contribution in [2.75, 3.05) is 0 Å². The minimum Gasteiger partial charge on any atom is -0.293 e. The largest absolute Gasteiger partial charge is 0.293 e. The zero-order chi connectivity index (χ0) is 18.4. The Balaban J connectivity index is 1.79. The highest BCUT2D eigenvalue weighted by Gasteiger charge is 2.16. The molecule has 0 unspecified atom stereocenters. The SMILES string of the molecule is CCc1[nH]n2c(=O)cc(-c3ccc4n[nH]nc4c3)nc2c1-c1ccccc1. The van der Waals surface area contributed by atoms with Gasteiger partial charge in [-0.1, -0.05) is 43.3 Å². The van der Waals surface area contributed by atoms with E-state index < -0.39 is 0 Å². The number of benzene rings is 2. The molecule has 3 aromatic heterocycles. The smallest absolute Gasteiger partial charge is 0.273 e. The maximum absolute atomic E-state index is 12.8. The molecular formula is C20H16N6O. The molecule has 0 aliphatic rings. The number of aromatic nitrogens is 6. The van der Waals surface area contributed by atoms with Gasteiger partial charge in [-0.2, -0.15) is 15.4 Å². The lowest BCUT2D eigenvalue weighted by molar-refractivity contribution is 0.859. The number of H-pyrrole nitrogens is 2. The van der Waals surface area contributed by atoms with Crippen molar-refractivity contribution >= 4 is 16.7 Å². The van der Waals surface area contributed by atoms with E-state index in [4.69, 9.17) is 4.98 Å². The van der Waals surface area contributed by atoms with E-state index in [1.807, 2.05) is 48.5 Å². The Morgan fingerprint density at radius 2 is 1.78 bits per heavy atom. The van der Waals surface area contributed by atoms with Crippen LogP contribution in [0.5, 0.6) is 0 Å². The van der Waals surface area contributed by atoms with Gasteiger partial charge >= 0.3 is 0 Å². The van der Waals surface area contributed by atoms with E-state index in [-0.39, 0.29) is 5.56 Å². The fraction of sp³-hybridized carbons (Fsp3) is 0.100. The summed E-state index contributed by atoms with van der Waals surface area (Å²) in [7, 11) is 0. The number of hydrogen-bond acceptors (Lipinski definition) is 4. The molecule has 0 saturated carbocycles. The van der Waals surface area contributed by atoms with Crippen molar-refractivity contribution in [1.82, 2.24) is 30.0 Å². The molecule has 0 radical (unpaired) electrons. The third-order valence-corrected chi connectivity index (χ3v) is 4.72. The molecule has 2 N–H and O–H groups in total. The Morgan fingerprint density at radius 1 is 0.963 bits per heavy atom. The van der Waals surface area contributed by atoms with Crippen LogP contribution in [0.25, 0.3) is 39.1 Å². The summed E-state index contributed by atoms with van der Waals surface area (Å²) in [5, 5.41) is 14.0. The van der Waals surface area contributed by atoms with Crippen LogP contribution in [0, 0.1) is 0 Å². The summed E-state index contributed by atoms with van der Waals surface area (Å²) < 4.78 is 1.51. The second kappa shape index (κ2) is 5.91. The number of aryl methyl sites for hydroxylation is 1. The van der Waals surface area contributed by atoms with Gasteiger partial charge in [-0.05, 0) is 24.1 Å². The van der Waals surface area contributed by atoms with Crippen molar-refractivity contribution in [2.24, 2.45) is 0 Å². The van der Waals surface area contributed by atoms with E-state index in [2.05, 4.69) is 27.4 Å². The van der Waals surface area contributed by atoms with Gasteiger partial charge in [-0.3, -0.25) is 9.89 Å². The van der Waals surface area contributed by atoms with Crippen molar-refractivity contribution in [3.05, 3.63) is 70.6 Å². The normalized spacial score (nSPS) is 11.4. The average molecular weight is 356 g/mol. The number of nitrogens with one attached hydrogen (secondary N) is 2. The van der Waals surface area contributed by atoms with Gasteiger partial charge < -0.3 is 0 Å². The highest BCUT2D eigenvalue weighted by Crippen LogP contribution is 2.29. The minimum absolute atomic E-state index is 0.146. The standard InChI is InChI=1S/C20H16N6O/c1-2-14-19(12-6-4-3-5-7-12)20-21-16(11-18(27)26(20)24-14)13-8-9-15-17(10-13)23-25-22-15/h3-11,24H,2H2,1H3,(H,22,23,25). The zero-order valence-electron chi connectivity index (χ0n) is 14.6. The van der Waals surface area contributed by atoms with E-state index in [1.54, 1.807) is 6.07 Å². The van der Waals surface area contributed by atoms with Crippen molar-refractivity contribution < 1.29 is 0 Å². The highest BCUT2D eigenvalue weighted by molar-refractivity contribution is 5.83. The molecular weight excluding hydrogens is 340 g/mol. The molecule has 5 aromatic rings. The second-order valence-corrected chi connectivity index (χ2v) is 6.35. The second-order valence-electron chi connectivity index (χ2n) is 6.35. The molecule has 0 atom stereocenters. The Kier molecular flexibility index (Phi) is 3.39. The Labute approximate surface area is 153 Å². The molecule has 7 nitrogen and oxygen atoms in total. The lowest BCUT2D eigenvalue weighted by Gasteiger charge is -2.04. The molecule has 27 heavy (non-hydrogen) atoms. The molecule has 0 aliphatic heterocycles. The minimum atomic E-state index is -0.146. The van der Waals surface area contributed by atoms with Crippen LogP contribution in [-0.2, 0) is 6.42 Å². The van der Waals surface area contributed by atoms with Crippen LogP contribution < -0.4 is 5.56 Å². The lowest BCUT2D eigenvalue weighted by atomic mass is 10.0. The summed E-state index contributed by atoms with van der Waals surface area (Å²) in [6, 6.07) is 17.2. The molecule has 7 heteroatoms. The van der Waals surface area contributed by atoms with E-state index in [0.29, 0.717) is 11.3 Å². The van der Waals surface area contributed by atoms with Crippen LogP contribution >= 0.6 is 0 Å². The molecule has 0 saturated heterocycles. The molecule has 132 valence electrons. The van der Waals surface area contributed by atoms with Crippen LogP contribution in [0.1, 0.15) is 12.6 Å². The predicted molar refractivity (Wildman–Crippen MR) is 104 cm³/mol. The maximum atomic E-state index is 12.8. The van der Waals surface area contributed by atoms with Gasteiger partial charge in [0.15, 0.2) is 5.65 Å². The first-order chi connectivity index (χ1) is 13.2. The van der Waals surface area contributed by atoms with Gasteiger partial charge in [-0.25, -0.2) is 9.50 Å². The maximum Gasteiger partial charge on any atom is 0.273 e. The Bertz CT molecular complexity index is 1330. The first-order valence-electron chi connectivity index (χ1n) is 8.75. The van der Waals surface area contributed by atoms with Gasteiger partial charge in [0.2, 0.25) is 0 Å². The van der Waals surface area contributed by atoms with Crippen LogP contribution in [0.2, 0.25) is 0 Å². The van der Waals surface area contributed by atoms with Crippen LogP contribution in [0.15, 0.2) is 59.4 Å². The third kappa shape index (κ3) is 2.43. The molecule has 0 bridgehead atoms. The first kappa shape index (κ1) is 15.5. The topological polar surface area (TPSA) is 91.7 Å². The quantitative estimate of drug-likeness (QED) is 0.519. The molecule has 0 spiro atoms.